The van der Waals surface area contributed by atoms with Gasteiger partial charge in [0.1, 0.15) is 0 Å². The Balaban J connectivity index is 1.63. The molecular weight excluding hydrogens is 242 g/mol. The summed E-state index contributed by atoms with van der Waals surface area (Å²) >= 11 is 0. The molecule has 5 nitrogen and oxygen atoms in total. The number of carbonyl (C=O) groups excluding carboxylic acids is 1. The zero-order valence-electron chi connectivity index (χ0n) is 10.4. The number of aromatic nitrogens is 1. The van der Waals surface area contributed by atoms with E-state index in [1.165, 1.54) is 19.2 Å². The largest absolute Gasteiger partial charge is 0.444 e. The number of oxazole rings is 1. The van der Waals surface area contributed by atoms with Gasteiger partial charge in [0.25, 0.3) is 0 Å². The lowest BCUT2D eigenvalue weighted by molar-refractivity contribution is -0.115. The van der Waals surface area contributed by atoms with E-state index < -0.39 is 0 Å². The molecule has 19 heavy (non-hydrogen) atoms. The van der Waals surface area contributed by atoms with Crippen LogP contribution in [0.25, 0.3) is 11.3 Å². The van der Waals surface area contributed by atoms with Crippen LogP contribution in [0.4, 0.5) is 5.69 Å². The van der Waals surface area contributed by atoms with Crippen molar-refractivity contribution in [1.29, 1.82) is 0 Å². The minimum atomic E-state index is -0.0263. The average molecular weight is 257 g/mol. The van der Waals surface area contributed by atoms with E-state index >= 15 is 0 Å². The van der Waals surface area contributed by atoms with Crippen molar-refractivity contribution in [2.75, 3.05) is 11.9 Å². The van der Waals surface area contributed by atoms with Crippen molar-refractivity contribution in [3.63, 3.8) is 0 Å². The van der Waals surface area contributed by atoms with Gasteiger partial charge < -0.3 is 15.1 Å². The van der Waals surface area contributed by atoms with Crippen molar-refractivity contribution in [3.05, 3.63) is 36.9 Å². The Morgan fingerprint density at radius 3 is 3.05 bits per heavy atom. The van der Waals surface area contributed by atoms with Gasteiger partial charge in [0.15, 0.2) is 12.2 Å². The molecule has 5 heteroatoms. The number of hydrogen-bond acceptors (Lipinski definition) is 4. The molecule has 1 fully saturated rings. The highest BCUT2D eigenvalue weighted by atomic mass is 16.3. The quantitative estimate of drug-likeness (QED) is 0.860. The molecule has 1 amide bonds. The fourth-order valence-corrected chi connectivity index (χ4v) is 1.84. The predicted octanol–water partition coefficient (Wildman–Crippen LogP) is 2.03. The number of benzene rings is 1. The average Bonchev–Trinajstić information content (AvgIpc) is 3.09. The van der Waals surface area contributed by atoms with E-state index in [0.717, 1.165) is 11.3 Å². The molecule has 1 saturated carbocycles. The highest BCUT2D eigenvalue weighted by Crippen LogP contribution is 2.22. The number of nitrogens with zero attached hydrogens (tertiary/aromatic N) is 1. The molecule has 0 atom stereocenters. The van der Waals surface area contributed by atoms with Gasteiger partial charge in [-0.3, -0.25) is 4.79 Å². The molecule has 0 saturated heterocycles. The van der Waals surface area contributed by atoms with Crippen molar-refractivity contribution in [3.8, 4) is 11.3 Å². The minimum absolute atomic E-state index is 0.0263. The van der Waals surface area contributed by atoms with E-state index in [2.05, 4.69) is 15.6 Å². The highest BCUT2D eigenvalue weighted by molar-refractivity contribution is 5.92. The molecule has 98 valence electrons. The lowest BCUT2D eigenvalue weighted by atomic mass is 10.1. The molecule has 2 aromatic rings. The third-order valence-corrected chi connectivity index (χ3v) is 2.99. The number of hydrogen-bond donors (Lipinski definition) is 2. The van der Waals surface area contributed by atoms with Gasteiger partial charge in [-0.25, -0.2) is 4.98 Å². The van der Waals surface area contributed by atoms with Crippen LogP contribution in [0.1, 0.15) is 12.8 Å². The molecule has 0 spiro atoms. The summed E-state index contributed by atoms with van der Waals surface area (Å²) in [6.07, 6.45) is 5.39. The summed E-state index contributed by atoms with van der Waals surface area (Å²) < 4.78 is 5.23. The molecule has 0 unspecified atom stereocenters. The zero-order valence-corrected chi connectivity index (χ0v) is 10.4. The Kier molecular flexibility index (Phi) is 3.29. The van der Waals surface area contributed by atoms with Crippen LogP contribution in [0.5, 0.6) is 0 Å². The third-order valence-electron chi connectivity index (χ3n) is 2.99. The van der Waals surface area contributed by atoms with Gasteiger partial charge in [-0.1, -0.05) is 12.1 Å². The lowest BCUT2D eigenvalue weighted by Crippen LogP contribution is -2.29. The molecule has 3 rings (SSSR count). The summed E-state index contributed by atoms with van der Waals surface area (Å²) in [5.41, 5.74) is 1.65. The molecule has 0 aliphatic heterocycles. The van der Waals surface area contributed by atoms with Gasteiger partial charge in [-0.15, -0.1) is 0 Å². The van der Waals surface area contributed by atoms with Crippen molar-refractivity contribution in [2.45, 2.75) is 18.9 Å². The normalized spacial score (nSPS) is 14.3. The lowest BCUT2D eigenvalue weighted by Gasteiger charge is -2.07. The molecule has 0 radical (unpaired) electrons. The second-order valence-corrected chi connectivity index (χ2v) is 4.65. The standard InChI is InChI=1S/C14H15N3O2/c18-14(8-16-11-4-5-11)17-12-3-1-2-10(6-12)13-7-15-9-19-13/h1-3,6-7,9,11,16H,4-5,8H2,(H,17,18). The topological polar surface area (TPSA) is 67.2 Å². The Morgan fingerprint density at radius 2 is 2.32 bits per heavy atom. The smallest absolute Gasteiger partial charge is 0.238 e. The zero-order chi connectivity index (χ0) is 13.1. The van der Waals surface area contributed by atoms with E-state index in [-0.39, 0.29) is 5.91 Å². The van der Waals surface area contributed by atoms with Gasteiger partial charge in [-0.05, 0) is 25.0 Å². The summed E-state index contributed by atoms with van der Waals surface area (Å²) in [6.45, 7) is 0.358. The van der Waals surface area contributed by atoms with Crippen LogP contribution < -0.4 is 10.6 Å². The monoisotopic (exact) mass is 257 g/mol. The Hall–Kier alpha value is -2.14. The van der Waals surface area contributed by atoms with E-state index in [9.17, 15) is 4.79 Å². The molecule has 1 aliphatic rings. The Morgan fingerprint density at radius 1 is 1.42 bits per heavy atom. The Bertz CT molecular complexity index is 562. The third kappa shape index (κ3) is 3.20. The number of nitrogens with one attached hydrogen (secondary N) is 2. The number of amides is 1. The summed E-state index contributed by atoms with van der Waals surface area (Å²) in [6, 6.07) is 8.05. The maximum Gasteiger partial charge on any atom is 0.238 e. The van der Waals surface area contributed by atoms with Gasteiger partial charge in [0.05, 0.1) is 12.7 Å². The molecule has 1 aliphatic carbocycles. The van der Waals surface area contributed by atoms with Crippen molar-refractivity contribution >= 4 is 11.6 Å². The van der Waals surface area contributed by atoms with Gasteiger partial charge >= 0.3 is 0 Å². The first-order valence-electron chi connectivity index (χ1n) is 6.33. The van der Waals surface area contributed by atoms with E-state index in [4.69, 9.17) is 4.42 Å². The summed E-state index contributed by atoms with van der Waals surface area (Å²) in [5.74, 6) is 0.661. The maximum atomic E-state index is 11.7. The van der Waals surface area contributed by atoms with Crippen LogP contribution in [0.3, 0.4) is 0 Å². The summed E-state index contributed by atoms with van der Waals surface area (Å²) in [7, 11) is 0. The molecule has 1 heterocycles. The van der Waals surface area contributed by atoms with Gasteiger partial charge in [-0.2, -0.15) is 0 Å². The number of anilines is 1. The van der Waals surface area contributed by atoms with Crippen LogP contribution in [0.2, 0.25) is 0 Å². The second-order valence-electron chi connectivity index (χ2n) is 4.65. The second kappa shape index (κ2) is 5.24. The van der Waals surface area contributed by atoms with Crippen LogP contribution >= 0.6 is 0 Å². The molecule has 2 N–H and O–H groups in total. The number of rotatable bonds is 5. The van der Waals surface area contributed by atoms with Crippen LogP contribution in [-0.4, -0.2) is 23.5 Å². The summed E-state index contributed by atoms with van der Waals surface area (Å²) in [5, 5.41) is 6.04. The van der Waals surface area contributed by atoms with Crippen LogP contribution in [0, 0.1) is 0 Å². The van der Waals surface area contributed by atoms with E-state index in [1.54, 1.807) is 6.20 Å². The maximum absolute atomic E-state index is 11.7. The first-order chi connectivity index (χ1) is 9.31. The molecular formula is C14H15N3O2. The summed E-state index contributed by atoms with van der Waals surface area (Å²) in [4.78, 5) is 15.6. The van der Waals surface area contributed by atoms with E-state index in [0.29, 0.717) is 18.3 Å². The number of carbonyl (C=O) groups is 1. The predicted molar refractivity (Wildman–Crippen MR) is 71.6 cm³/mol. The molecule has 0 bridgehead atoms. The van der Waals surface area contributed by atoms with Gasteiger partial charge in [0, 0.05) is 17.3 Å². The highest BCUT2D eigenvalue weighted by Gasteiger charge is 2.21. The van der Waals surface area contributed by atoms with E-state index in [1.807, 2.05) is 24.3 Å². The van der Waals surface area contributed by atoms with Gasteiger partial charge in [0.2, 0.25) is 5.91 Å². The van der Waals surface area contributed by atoms with Crippen molar-refractivity contribution < 1.29 is 9.21 Å². The van der Waals surface area contributed by atoms with Crippen molar-refractivity contribution in [2.24, 2.45) is 0 Å². The minimum Gasteiger partial charge on any atom is -0.444 e. The Labute approximate surface area is 111 Å². The molecule has 1 aromatic carbocycles. The fourth-order valence-electron chi connectivity index (χ4n) is 1.84. The first-order valence-corrected chi connectivity index (χ1v) is 6.33. The fraction of sp³-hybridized carbons (Fsp3) is 0.286. The molecule has 1 aromatic heterocycles. The van der Waals surface area contributed by atoms with Crippen molar-refractivity contribution in [1.82, 2.24) is 10.3 Å². The SMILES string of the molecule is O=C(CNC1CC1)Nc1cccc(-c2cnco2)c1. The first kappa shape index (κ1) is 11.9. The van der Waals surface area contributed by atoms with Crippen LogP contribution in [-0.2, 0) is 4.79 Å². The van der Waals surface area contributed by atoms with Crippen LogP contribution in [0.15, 0.2) is 41.3 Å².